The molecule has 2 atom stereocenters. The highest BCUT2D eigenvalue weighted by atomic mass is 16.5. The Morgan fingerprint density at radius 3 is 2.71 bits per heavy atom. The average Bonchev–Trinajstić information content (AvgIpc) is 2.36. The second kappa shape index (κ2) is 7.67. The normalized spacial score (nSPS) is 20.9. The standard InChI is InChI=1S/C13H26N2O2/c1-3-4-5-12(14)13(16)15-10(2)11-6-8-17-9-7-11/h10-12H,3-9,14H2,1-2H3,(H,15,16). The smallest absolute Gasteiger partial charge is 0.237 e. The first kappa shape index (κ1) is 14.5. The fourth-order valence-electron chi connectivity index (χ4n) is 2.22. The zero-order chi connectivity index (χ0) is 12.7. The maximum Gasteiger partial charge on any atom is 0.237 e. The molecule has 1 aliphatic rings. The number of nitrogens with one attached hydrogen (secondary N) is 1. The van der Waals surface area contributed by atoms with Gasteiger partial charge in [0.15, 0.2) is 0 Å². The molecule has 1 saturated heterocycles. The average molecular weight is 242 g/mol. The Morgan fingerprint density at radius 1 is 1.47 bits per heavy atom. The second-order valence-corrected chi connectivity index (χ2v) is 5.00. The molecule has 0 aromatic rings. The van der Waals surface area contributed by atoms with E-state index in [-0.39, 0.29) is 18.0 Å². The molecule has 0 aromatic heterocycles. The van der Waals surface area contributed by atoms with Gasteiger partial charge in [-0.2, -0.15) is 0 Å². The topological polar surface area (TPSA) is 64.4 Å². The highest BCUT2D eigenvalue weighted by Crippen LogP contribution is 2.18. The lowest BCUT2D eigenvalue weighted by atomic mass is 9.92. The molecule has 3 N–H and O–H groups in total. The maximum atomic E-state index is 11.8. The molecule has 0 spiro atoms. The van der Waals surface area contributed by atoms with Crippen LogP contribution >= 0.6 is 0 Å². The first-order valence-corrected chi connectivity index (χ1v) is 6.78. The van der Waals surface area contributed by atoms with E-state index in [1.165, 1.54) is 0 Å². The van der Waals surface area contributed by atoms with Gasteiger partial charge in [-0.3, -0.25) is 4.79 Å². The molecule has 4 nitrogen and oxygen atoms in total. The van der Waals surface area contributed by atoms with Crippen molar-refractivity contribution in [1.29, 1.82) is 0 Å². The highest BCUT2D eigenvalue weighted by molar-refractivity contribution is 5.81. The quantitative estimate of drug-likeness (QED) is 0.740. The monoisotopic (exact) mass is 242 g/mol. The molecule has 0 aromatic carbocycles. The number of unbranched alkanes of at least 4 members (excludes halogenated alkanes) is 1. The van der Waals surface area contributed by atoms with Crippen LogP contribution in [-0.2, 0) is 9.53 Å². The number of carbonyl (C=O) groups excluding carboxylic acids is 1. The zero-order valence-electron chi connectivity index (χ0n) is 11.1. The number of hydrogen-bond acceptors (Lipinski definition) is 3. The third-order valence-corrected chi connectivity index (χ3v) is 3.55. The number of rotatable bonds is 6. The predicted molar refractivity (Wildman–Crippen MR) is 68.6 cm³/mol. The van der Waals surface area contributed by atoms with Crippen molar-refractivity contribution < 1.29 is 9.53 Å². The molecule has 0 bridgehead atoms. The van der Waals surface area contributed by atoms with E-state index in [1.807, 2.05) is 0 Å². The summed E-state index contributed by atoms with van der Waals surface area (Å²) in [6.45, 7) is 5.80. The second-order valence-electron chi connectivity index (χ2n) is 5.00. The lowest BCUT2D eigenvalue weighted by Gasteiger charge is -2.29. The van der Waals surface area contributed by atoms with E-state index < -0.39 is 0 Å². The number of ether oxygens (including phenoxy) is 1. The molecule has 1 aliphatic heterocycles. The fourth-order valence-corrected chi connectivity index (χ4v) is 2.22. The van der Waals surface area contributed by atoms with Gasteiger partial charge in [-0.05, 0) is 32.1 Å². The summed E-state index contributed by atoms with van der Waals surface area (Å²) in [7, 11) is 0. The Labute approximate surface area is 104 Å². The molecule has 0 radical (unpaired) electrons. The Kier molecular flexibility index (Phi) is 6.52. The molecular weight excluding hydrogens is 216 g/mol. The van der Waals surface area contributed by atoms with E-state index in [2.05, 4.69) is 19.2 Å². The molecule has 1 heterocycles. The van der Waals surface area contributed by atoms with E-state index in [1.54, 1.807) is 0 Å². The van der Waals surface area contributed by atoms with E-state index in [0.29, 0.717) is 5.92 Å². The van der Waals surface area contributed by atoms with Crippen LogP contribution < -0.4 is 11.1 Å². The number of nitrogens with two attached hydrogens (primary N) is 1. The number of hydrogen-bond donors (Lipinski definition) is 2. The van der Waals surface area contributed by atoms with Crippen molar-refractivity contribution in [2.24, 2.45) is 11.7 Å². The minimum absolute atomic E-state index is 0.00237. The van der Waals surface area contributed by atoms with Crippen LogP contribution in [0.15, 0.2) is 0 Å². The first-order valence-electron chi connectivity index (χ1n) is 6.78. The van der Waals surface area contributed by atoms with E-state index in [4.69, 9.17) is 10.5 Å². The van der Waals surface area contributed by atoms with Gasteiger partial charge in [0.25, 0.3) is 0 Å². The van der Waals surface area contributed by atoms with Crippen LogP contribution in [0.4, 0.5) is 0 Å². The first-order chi connectivity index (χ1) is 8.15. The van der Waals surface area contributed by atoms with Gasteiger partial charge < -0.3 is 15.8 Å². The summed E-state index contributed by atoms with van der Waals surface area (Å²) in [5.41, 5.74) is 5.84. The Morgan fingerprint density at radius 2 is 2.12 bits per heavy atom. The minimum atomic E-state index is -0.350. The number of amides is 1. The van der Waals surface area contributed by atoms with Crippen LogP contribution in [0.5, 0.6) is 0 Å². The van der Waals surface area contributed by atoms with Gasteiger partial charge in [-0.25, -0.2) is 0 Å². The van der Waals surface area contributed by atoms with Crippen molar-refractivity contribution >= 4 is 5.91 Å². The molecule has 0 aliphatic carbocycles. The van der Waals surface area contributed by atoms with E-state index in [9.17, 15) is 4.79 Å². The zero-order valence-corrected chi connectivity index (χ0v) is 11.1. The lowest BCUT2D eigenvalue weighted by molar-refractivity contribution is -0.123. The summed E-state index contributed by atoms with van der Waals surface area (Å²) in [4.78, 5) is 11.8. The summed E-state index contributed by atoms with van der Waals surface area (Å²) < 4.78 is 5.32. The molecule has 100 valence electrons. The number of carbonyl (C=O) groups is 1. The van der Waals surface area contributed by atoms with Crippen molar-refractivity contribution in [1.82, 2.24) is 5.32 Å². The summed E-state index contributed by atoms with van der Waals surface area (Å²) >= 11 is 0. The summed E-state index contributed by atoms with van der Waals surface area (Å²) in [5, 5.41) is 3.04. The summed E-state index contributed by atoms with van der Waals surface area (Å²) in [6.07, 6.45) is 4.94. The van der Waals surface area contributed by atoms with Gasteiger partial charge >= 0.3 is 0 Å². The molecule has 1 fully saturated rings. The van der Waals surface area contributed by atoms with E-state index in [0.717, 1.165) is 45.3 Å². The van der Waals surface area contributed by atoms with Crippen molar-refractivity contribution in [3.63, 3.8) is 0 Å². The Balaban J connectivity index is 2.28. The predicted octanol–water partition coefficient (Wildman–Crippen LogP) is 1.44. The van der Waals surface area contributed by atoms with Crippen LogP contribution in [0.2, 0.25) is 0 Å². The summed E-state index contributed by atoms with van der Waals surface area (Å²) in [5.74, 6) is 0.531. The maximum absolute atomic E-state index is 11.8. The molecule has 2 unspecified atom stereocenters. The van der Waals surface area contributed by atoms with Crippen molar-refractivity contribution in [3.05, 3.63) is 0 Å². The lowest BCUT2D eigenvalue weighted by Crippen LogP contribution is -2.47. The molecule has 0 saturated carbocycles. The largest absolute Gasteiger partial charge is 0.381 e. The van der Waals surface area contributed by atoms with Crippen LogP contribution in [0.1, 0.15) is 46.0 Å². The van der Waals surface area contributed by atoms with Crippen molar-refractivity contribution in [2.45, 2.75) is 58.0 Å². The van der Waals surface area contributed by atoms with Crippen LogP contribution in [-0.4, -0.2) is 31.2 Å². The van der Waals surface area contributed by atoms with E-state index >= 15 is 0 Å². The molecule has 1 rings (SSSR count). The minimum Gasteiger partial charge on any atom is -0.381 e. The van der Waals surface area contributed by atoms with Gasteiger partial charge in [0.1, 0.15) is 0 Å². The van der Waals surface area contributed by atoms with Crippen LogP contribution in [0, 0.1) is 5.92 Å². The molecule has 1 amide bonds. The van der Waals surface area contributed by atoms with Gasteiger partial charge in [0.2, 0.25) is 5.91 Å². The summed E-state index contributed by atoms with van der Waals surface area (Å²) in [6, 6.07) is -0.142. The van der Waals surface area contributed by atoms with Gasteiger partial charge in [0, 0.05) is 19.3 Å². The van der Waals surface area contributed by atoms with Crippen LogP contribution in [0.3, 0.4) is 0 Å². The molecular formula is C13H26N2O2. The highest BCUT2D eigenvalue weighted by Gasteiger charge is 2.23. The third-order valence-electron chi connectivity index (χ3n) is 3.55. The SMILES string of the molecule is CCCCC(N)C(=O)NC(C)C1CCOCC1. The fraction of sp³-hybridized carbons (Fsp3) is 0.923. The Bertz CT molecular complexity index is 227. The Hall–Kier alpha value is -0.610. The molecule has 17 heavy (non-hydrogen) atoms. The van der Waals surface area contributed by atoms with Crippen LogP contribution in [0.25, 0.3) is 0 Å². The third kappa shape index (κ3) is 5.04. The van der Waals surface area contributed by atoms with Crippen molar-refractivity contribution in [3.8, 4) is 0 Å². The van der Waals surface area contributed by atoms with Gasteiger partial charge in [-0.1, -0.05) is 19.8 Å². The van der Waals surface area contributed by atoms with Gasteiger partial charge in [0.05, 0.1) is 6.04 Å². The molecule has 4 heteroatoms. The van der Waals surface area contributed by atoms with Gasteiger partial charge in [-0.15, -0.1) is 0 Å². The van der Waals surface area contributed by atoms with Crippen molar-refractivity contribution in [2.75, 3.05) is 13.2 Å².